The van der Waals surface area contributed by atoms with Crippen LogP contribution in [0.5, 0.6) is 0 Å². The Bertz CT molecular complexity index is 1070. The van der Waals surface area contributed by atoms with E-state index in [9.17, 15) is 9.59 Å². The first kappa shape index (κ1) is 20.8. The molecule has 1 aliphatic rings. The van der Waals surface area contributed by atoms with Crippen molar-refractivity contribution in [1.82, 2.24) is 10.3 Å². The van der Waals surface area contributed by atoms with Gasteiger partial charge in [0.15, 0.2) is 17.3 Å². The van der Waals surface area contributed by atoms with Gasteiger partial charge >= 0.3 is 0 Å². The maximum absolute atomic E-state index is 13.1. The molecule has 160 valence electrons. The van der Waals surface area contributed by atoms with Crippen LogP contribution in [-0.4, -0.2) is 29.9 Å². The van der Waals surface area contributed by atoms with Crippen molar-refractivity contribution in [3.8, 4) is 11.3 Å². The number of anilines is 2. The highest BCUT2D eigenvalue weighted by molar-refractivity contribution is 6.06. The summed E-state index contributed by atoms with van der Waals surface area (Å²) in [5.74, 6) is 0.760. The normalized spacial score (nSPS) is 14.3. The van der Waals surface area contributed by atoms with E-state index in [-0.39, 0.29) is 23.4 Å². The third kappa shape index (κ3) is 5.00. The van der Waals surface area contributed by atoms with Crippen LogP contribution in [0.2, 0.25) is 0 Å². The van der Waals surface area contributed by atoms with Gasteiger partial charge in [-0.05, 0) is 69.3 Å². The minimum absolute atomic E-state index is 0.140. The molecule has 0 atom stereocenters. The zero-order valence-electron chi connectivity index (χ0n) is 17.7. The molecule has 4 rings (SSSR count). The van der Waals surface area contributed by atoms with E-state index in [0.29, 0.717) is 23.0 Å². The van der Waals surface area contributed by atoms with Gasteiger partial charge in [0.1, 0.15) is 0 Å². The molecule has 0 bridgehead atoms. The molecule has 2 aromatic carbocycles. The first-order valence-electron chi connectivity index (χ1n) is 10.5. The zero-order chi connectivity index (χ0) is 21.8. The van der Waals surface area contributed by atoms with Gasteiger partial charge in [-0.2, -0.15) is 0 Å². The number of carbonyl (C=O) groups excluding carboxylic acids is 2. The van der Waals surface area contributed by atoms with Crippen LogP contribution in [-0.2, 0) is 4.79 Å². The van der Waals surface area contributed by atoms with E-state index in [1.165, 1.54) is 6.92 Å². The van der Waals surface area contributed by atoms with E-state index in [1.807, 2.05) is 43.3 Å². The second-order valence-electron chi connectivity index (χ2n) is 7.83. The molecular weight excluding hydrogens is 392 g/mol. The summed E-state index contributed by atoms with van der Waals surface area (Å²) >= 11 is 0. The molecule has 1 aromatic heterocycles. The maximum atomic E-state index is 13.1. The molecule has 0 spiro atoms. The lowest BCUT2D eigenvalue weighted by Crippen LogP contribution is -2.26. The molecule has 1 fully saturated rings. The maximum Gasteiger partial charge on any atom is 0.278 e. The van der Waals surface area contributed by atoms with Gasteiger partial charge in [-0.1, -0.05) is 17.7 Å². The Morgan fingerprint density at radius 2 is 1.58 bits per heavy atom. The summed E-state index contributed by atoms with van der Waals surface area (Å²) < 4.78 is 6.15. The molecule has 7 nitrogen and oxygen atoms in total. The number of hydrogen-bond acceptors (Lipinski definition) is 5. The van der Waals surface area contributed by atoms with Crippen LogP contribution in [0.25, 0.3) is 11.3 Å². The van der Waals surface area contributed by atoms with E-state index in [4.69, 9.17) is 4.42 Å². The average molecular weight is 418 g/mol. The number of aryl methyl sites for hydroxylation is 1. The standard InChI is InChI=1S/C24H26N4O3/c1-15-3-7-20(8-4-15)27-23(30)21-22(17-5-9-19(10-6-17)26-16(2)29)31-24(28-21)18-11-13-25-14-12-18/h3-10,18,25H,11-14H2,1-2H3,(H,26,29)(H,27,30). The fraction of sp³-hybridized carbons (Fsp3) is 0.292. The number of piperidine rings is 1. The van der Waals surface area contributed by atoms with Gasteiger partial charge in [-0.3, -0.25) is 9.59 Å². The largest absolute Gasteiger partial charge is 0.440 e. The van der Waals surface area contributed by atoms with E-state index >= 15 is 0 Å². The number of carbonyl (C=O) groups is 2. The lowest BCUT2D eigenvalue weighted by atomic mass is 9.98. The number of nitrogens with one attached hydrogen (secondary N) is 3. The SMILES string of the molecule is CC(=O)Nc1ccc(-c2oc(C3CCNCC3)nc2C(=O)Nc2ccc(C)cc2)cc1. The van der Waals surface area contributed by atoms with Gasteiger partial charge in [0.2, 0.25) is 5.91 Å². The molecule has 2 amide bonds. The van der Waals surface area contributed by atoms with Crippen LogP contribution in [0.15, 0.2) is 52.9 Å². The zero-order valence-corrected chi connectivity index (χ0v) is 17.7. The summed E-state index contributed by atoms with van der Waals surface area (Å²) in [5.41, 5.74) is 3.50. The second kappa shape index (κ2) is 9.14. The number of hydrogen-bond donors (Lipinski definition) is 3. The number of amides is 2. The smallest absolute Gasteiger partial charge is 0.278 e. The van der Waals surface area contributed by atoms with Crippen molar-refractivity contribution >= 4 is 23.2 Å². The summed E-state index contributed by atoms with van der Waals surface area (Å²) in [5, 5.41) is 9.00. The molecule has 3 aromatic rings. The Balaban J connectivity index is 1.66. The van der Waals surface area contributed by atoms with Crippen molar-refractivity contribution in [3.05, 3.63) is 65.7 Å². The minimum atomic E-state index is -0.311. The van der Waals surface area contributed by atoms with Crippen LogP contribution < -0.4 is 16.0 Å². The molecule has 0 aliphatic carbocycles. The van der Waals surface area contributed by atoms with E-state index in [0.717, 1.165) is 37.1 Å². The third-order valence-corrected chi connectivity index (χ3v) is 5.32. The van der Waals surface area contributed by atoms with Crippen molar-refractivity contribution < 1.29 is 14.0 Å². The van der Waals surface area contributed by atoms with Gasteiger partial charge in [0.05, 0.1) is 0 Å². The quantitative estimate of drug-likeness (QED) is 0.573. The van der Waals surface area contributed by atoms with Gasteiger partial charge < -0.3 is 20.4 Å². The number of aromatic nitrogens is 1. The fourth-order valence-electron chi connectivity index (χ4n) is 3.67. The van der Waals surface area contributed by atoms with Gasteiger partial charge in [0.25, 0.3) is 5.91 Å². The summed E-state index contributed by atoms with van der Waals surface area (Å²) in [7, 11) is 0. The number of benzene rings is 2. The predicted molar refractivity (Wildman–Crippen MR) is 120 cm³/mol. The second-order valence-corrected chi connectivity index (χ2v) is 7.83. The molecule has 3 N–H and O–H groups in total. The molecule has 0 radical (unpaired) electrons. The molecule has 2 heterocycles. The van der Waals surface area contributed by atoms with Gasteiger partial charge in [-0.25, -0.2) is 4.98 Å². The van der Waals surface area contributed by atoms with Crippen molar-refractivity contribution in [2.45, 2.75) is 32.6 Å². The Hall–Kier alpha value is -3.45. The molecule has 1 saturated heterocycles. The highest BCUT2D eigenvalue weighted by Crippen LogP contribution is 2.32. The van der Waals surface area contributed by atoms with Crippen molar-refractivity contribution in [2.75, 3.05) is 23.7 Å². The topological polar surface area (TPSA) is 96.3 Å². The number of rotatable bonds is 5. The third-order valence-electron chi connectivity index (χ3n) is 5.32. The van der Waals surface area contributed by atoms with Crippen LogP contribution in [0.1, 0.15) is 47.6 Å². The van der Waals surface area contributed by atoms with E-state index in [1.54, 1.807) is 12.1 Å². The Labute approximate surface area is 181 Å². The highest BCUT2D eigenvalue weighted by atomic mass is 16.4. The van der Waals surface area contributed by atoms with Crippen molar-refractivity contribution in [1.29, 1.82) is 0 Å². The van der Waals surface area contributed by atoms with Crippen LogP contribution in [0, 0.1) is 6.92 Å². The fourth-order valence-corrected chi connectivity index (χ4v) is 3.67. The van der Waals surface area contributed by atoms with Crippen molar-refractivity contribution in [3.63, 3.8) is 0 Å². The first-order chi connectivity index (χ1) is 15.0. The summed E-state index contributed by atoms with van der Waals surface area (Å²) in [4.78, 5) is 29.0. The van der Waals surface area contributed by atoms with Crippen molar-refractivity contribution in [2.24, 2.45) is 0 Å². The molecule has 1 aliphatic heterocycles. The number of oxazole rings is 1. The number of nitrogens with zero attached hydrogens (tertiary/aromatic N) is 1. The molecular formula is C24H26N4O3. The molecule has 7 heteroatoms. The Kier molecular flexibility index (Phi) is 6.13. The van der Waals surface area contributed by atoms with Gasteiger partial charge in [0, 0.05) is 29.8 Å². The van der Waals surface area contributed by atoms with Gasteiger partial charge in [-0.15, -0.1) is 0 Å². The summed E-state index contributed by atoms with van der Waals surface area (Å²) in [6.07, 6.45) is 1.83. The Morgan fingerprint density at radius 3 is 2.23 bits per heavy atom. The molecule has 0 unspecified atom stereocenters. The van der Waals surface area contributed by atoms with Crippen LogP contribution >= 0.6 is 0 Å². The molecule has 31 heavy (non-hydrogen) atoms. The highest BCUT2D eigenvalue weighted by Gasteiger charge is 2.27. The van der Waals surface area contributed by atoms with E-state index in [2.05, 4.69) is 20.9 Å². The average Bonchev–Trinajstić information content (AvgIpc) is 3.22. The first-order valence-corrected chi connectivity index (χ1v) is 10.5. The van der Waals surface area contributed by atoms with Crippen LogP contribution in [0.3, 0.4) is 0 Å². The predicted octanol–water partition coefficient (Wildman–Crippen LogP) is 4.33. The van der Waals surface area contributed by atoms with E-state index < -0.39 is 0 Å². The lowest BCUT2D eigenvalue weighted by Gasteiger charge is -2.19. The summed E-state index contributed by atoms with van der Waals surface area (Å²) in [6.45, 7) is 5.26. The lowest BCUT2D eigenvalue weighted by molar-refractivity contribution is -0.114. The summed E-state index contributed by atoms with van der Waals surface area (Å²) in [6, 6.07) is 14.8. The van der Waals surface area contributed by atoms with Crippen LogP contribution in [0.4, 0.5) is 11.4 Å². The minimum Gasteiger partial charge on any atom is -0.440 e. The Morgan fingerprint density at radius 1 is 0.968 bits per heavy atom. The monoisotopic (exact) mass is 418 g/mol. The molecule has 0 saturated carbocycles.